The number of aliphatic hydroxyl groups excluding tert-OH is 1. The Morgan fingerprint density at radius 2 is 1.89 bits per heavy atom. The summed E-state index contributed by atoms with van der Waals surface area (Å²) in [6.45, 7) is 3.15. The molecule has 0 aliphatic carbocycles. The Kier molecular flexibility index (Phi) is 3.34. The van der Waals surface area contributed by atoms with E-state index in [1.54, 1.807) is 6.92 Å². The highest BCUT2D eigenvalue weighted by Gasteiger charge is 2.22. The molecule has 1 atom stereocenters. The van der Waals surface area contributed by atoms with Crippen molar-refractivity contribution in [1.82, 2.24) is 9.97 Å². The molecule has 1 aromatic heterocycles. The molecule has 0 spiro atoms. The van der Waals surface area contributed by atoms with E-state index in [9.17, 15) is 13.9 Å². The summed E-state index contributed by atoms with van der Waals surface area (Å²) in [6.07, 6.45) is -0.00134. The zero-order valence-electron chi connectivity index (χ0n) is 9.98. The number of nitrogens with zero attached hydrogens (tertiary/aromatic N) is 2. The van der Waals surface area contributed by atoms with Gasteiger partial charge in [-0.05, 0) is 31.5 Å². The SMILES string of the molecule is Cc1nccc(C(O)c2c(F)ccc(C)c2F)n1. The largest absolute Gasteiger partial charge is 0.382 e. The van der Waals surface area contributed by atoms with Gasteiger partial charge in [-0.2, -0.15) is 0 Å². The van der Waals surface area contributed by atoms with E-state index >= 15 is 0 Å². The Morgan fingerprint density at radius 3 is 2.56 bits per heavy atom. The van der Waals surface area contributed by atoms with E-state index in [1.165, 1.54) is 25.3 Å². The molecule has 1 N–H and O–H groups in total. The number of aliphatic hydroxyl groups is 1. The van der Waals surface area contributed by atoms with Crippen molar-refractivity contribution in [2.45, 2.75) is 20.0 Å². The van der Waals surface area contributed by atoms with Crippen LogP contribution in [0.3, 0.4) is 0 Å². The van der Waals surface area contributed by atoms with Crippen LogP contribution in [0.5, 0.6) is 0 Å². The van der Waals surface area contributed by atoms with Crippen molar-refractivity contribution in [2.24, 2.45) is 0 Å². The van der Waals surface area contributed by atoms with Crippen molar-refractivity contribution < 1.29 is 13.9 Å². The zero-order chi connectivity index (χ0) is 13.3. The highest BCUT2D eigenvalue weighted by atomic mass is 19.1. The molecule has 0 aliphatic rings. The van der Waals surface area contributed by atoms with Crippen LogP contribution in [0.2, 0.25) is 0 Å². The van der Waals surface area contributed by atoms with Crippen molar-refractivity contribution in [2.75, 3.05) is 0 Å². The van der Waals surface area contributed by atoms with Crippen molar-refractivity contribution in [3.05, 3.63) is 58.7 Å². The van der Waals surface area contributed by atoms with Crippen LogP contribution in [0.25, 0.3) is 0 Å². The first-order chi connectivity index (χ1) is 8.50. The fraction of sp³-hybridized carbons (Fsp3) is 0.231. The molecule has 0 aliphatic heterocycles. The molecule has 1 heterocycles. The second-order valence-electron chi connectivity index (χ2n) is 4.02. The molecular weight excluding hydrogens is 238 g/mol. The number of benzene rings is 1. The maximum atomic E-state index is 13.9. The molecule has 0 amide bonds. The summed E-state index contributed by atoms with van der Waals surface area (Å²) >= 11 is 0. The second-order valence-corrected chi connectivity index (χ2v) is 4.02. The number of aryl methyl sites for hydroxylation is 2. The lowest BCUT2D eigenvalue weighted by atomic mass is 10.0. The molecule has 94 valence electrons. The minimum absolute atomic E-state index is 0.172. The number of aromatic nitrogens is 2. The lowest BCUT2D eigenvalue weighted by Gasteiger charge is -2.13. The topological polar surface area (TPSA) is 46.0 Å². The highest BCUT2D eigenvalue weighted by Crippen LogP contribution is 2.27. The summed E-state index contributed by atoms with van der Waals surface area (Å²) < 4.78 is 27.5. The van der Waals surface area contributed by atoms with Crippen molar-refractivity contribution in [3.8, 4) is 0 Å². The zero-order valence-corrected chi connectivity index (χ0v) is 9.98. The third-order valence-corrected chi connectivity index (χ3v) is 2.67. The fourth-order valence-electron chi connectivity index (χ4n) is 1.70. The molecule has 1 aromatic carbocycles. The minimum atomic E-state index is -1.44. The number of hydrogen-bond donors (Lipinski definition) is 1. The maximum absolute atomic E-state index is 13.9. The van der Waals surface area contributed by atoms with E-state index in [4.69, 9.17) is 0 Å². The van der Waals surface area contributed by atoms with Gasteiger partial charge in [0.05, 0.1) is 11.3 Å². The summed E-state index contributed by atoms with van der Waals surface area (Å²) in [6, 6.07) is 3.88. The number of rotatable bonds is 2. The number of hydrogen-bond acceptors (Lipinski definition) is 3. The minimum Gasteiger partial charge on any atom is -0.382 e. The molecule has 18 heavy (non-hydrogen) atoms. The third-order valence-electron chi connectivity index (χ3n) is 2.67. The summed E-state index contributed by atoms with van der Waals surface area (Å²) in [5, 5.41) is 10.0. The Morgan fingerprint density at radius 1 is 1.17 bits per heavy atom. The summed E-state index contributed by atoms with van der Waals surface area (Å²) in [4.78, 5) is 7.84. The smallest absolute Gasteiger partial charge is 0.135 e. The molecule has 1 unspecified atom stereocenters. The molecular formula is C13H12F2N2O. The van der Waals surface area contributed by atoms with Gasteiger partial charge in [0.2, 0.25) is 0 Å². The Hall–Kier alpha value is -1.88. The monoisotopic (exact) mass is 250 g/mol. The summed E-state index contributed by atoms with van der Waals surface area (Å²) in [5.41, 5.74) is 0.0650. The molecule has 2 rings (SSSR count). The van der Waals surface area contributed by atoms with Gasteiger partial charge in [0.25, 0.3) is 0 Å². The predicted molar refractivity (Wildman–Crippen MR) is 61.9 cm³/mol. The standard InChI is InChI=1S/C13H12F2N2O/c1-7-3-4-9(14)11(12(7)15)13(18)10-5-6-16-8(2)17-10/h3-6,13,18H,1-2H3. The van der Waals surface area contributed by atoms with Gasteiger partial charge in [0.15, 0.2) is 0 Å². The molecule has 0 bridgehead atoms. The Bertz CT molecular complexity index is 587. The average molecular weight is 250 g/mol. The molecule has 2 aromatic rings. The quantitative estimate of drug-likeness (QED) is 0.890. The normalized spacial score (nSPS) is 12.5. The van der Waals surface area contributed by atoms with Gasteiger partial charge in [-0.15, -0.1) is 0 Å². The van der Waals surface area contributed by atoms with E-state index < -0.39 is 17.7 Å². The summed E-state index contributed by atoms with van der Waals surface area (Å²) in [5.74, 6) is -1.11. The van der Waals surface area contributed by atoms with Crippen LogP contribution in [0.4, 0.5) is 8.78 Å². The molecule has 0 saturated carbocycles. The molecule has 0 saturated heterocycles. The van der Waals surface area contributed by atoms with E-state index in [0.29, 0.717) is 5.82 Å². The van der Waals surface area contributed by atoms with Crippen LogP contribution in [0, 0.1) is 25.5 Å². The van der Waals surface area contributed by atoms with E-state index in [1.807, 2.05) is 0 Å². The van der Waals surface area contributed by atoms with Crippen LogP contribution in [-0.2, 0) is 0 Å². The Labute approximate surface area is 103 Å². The summed E-state index contributed by atoms with van der Waals surface area (Å²) in [7, 11) is 0. The van der Waals surface area contributed by atoms with E-state index in [0.717, 1.165) is 6.07 Å². The first-order valence-corrected chi connectivity index (χ1v) is 5.43. The highest BCUT2D eigenvalue weighted by molar-refractivity contribution is 5.32. The van der Waals surface area contributed by atoms with Gasteiger partial charge in [-0.1, -0.05) is 6.07 Å². The van der Waals surface area contributed by atoms with Crippen LogP contribution in [0.1, 0.15) is 28.7 Å². The molecule has 3 nitrogen and oxygen atoms in total. The van der Waals surface area contributed by atoms with Gasteiger partial charge in [0, 0.05) is 6.20 Å². The molecule has 5 heteroatoms. The van der Waals surface area contributed by atoms with Crippen LogP contribution >= 0.6 is 0 Å². The first kappa shape index (κ1) is 12.6. The van der Waals surface area contributed by atoms with Crippen LogP contribution in [-0.4, -0.2) is 15.1 Å². The van der Waals surface area contributed by atoms with Gasteiger partial charge >= 0.3 is 0 Å². The van der Waals surface area contributed by atoms with Gasteiger partial charge < -0.3 is 5.11 Å². The molecule has 0 radical (unpaired) electrons. The number of halogens is 2. The van der Waals surface area contributed by atoms with Crippen molar-refractivity contribution in [3.63, 3.8) is 0 Å². The van der Waals surface area contributed by atoms with E-state index in [-0.39, 0.29) is 16.8 Å². The van der Waals surface area contributed by atoms with Crippen molar-refractivity contribution >= 4 is 0 Å². The van der Waals surface area contributed by atoms with Gasteiger partial charge in [-0.25, -0.2) is 18.7 Å². The fourth-order valence-corrected chi connectivity index (χ4v) is 1.70. The van der Waals surface area contributed by atoms with Crippen LogP contribution < -0.4 is 0 Å². The third kappa shape index (κ3) is 2.22. The first-order valence-electron chi connectivity index (χ1n) is 5.43. The second kappa shape index (κ2) is 4.78. The molecule has 0 fully saturated rings. The van der Waals surface area contributed by atoms with E-state index in [2.05, 4.69) is 9.97 Å². The van der Waals surface area contributed by atoms with Crippen molar-refractivity contribution in [1.29, 1.82) is 0 Å². The lowest BCUT2D eigenvalue weighted by molar-refractivity contribution is 0.203. The van der Waals surface area contributed by atoms with Gasteiger partial charge in [0.1, 0.15) is 23.6 Å². The lowest BCUT2D eigenvalue weighted by Crippen LogP contribution is -2.09. The Balaban J connectivity index is 2.52. The van der Waals surface area contributed by atoms with Gasteiger partial charge in [-0.3, -0.25) is 0 Å². The average Bonchev–Trinajstić information content (AvgIpc) is 2.34. The maximum Gasteiger partial charge on any atom is 0.135 e. The predicted octanol–water partition coefficient (Wildman–Crippen LogP) is 2.45. The van der Waals surface area contributed by atoms with Crippen LogP contribution in [0.15, 0.2) is 24.4 Å².